The highest BCUT2D eigenvalue weighted by molar-refractivity contribution is 6.02. The zero-order valence-electron chi connectivity index (χ0n) is 17.2. The maximum Gasteiger partial charge on any atom is 0.321 e. The first-order chi connectivity index (χ1) is 14.4. The van der Waals surface area contributed by atoms with Gasteiger partial charge in [-0.1, -0.05) is 36.4 Å². The molecule has 1 atom stereocenters. The van der Waals surface area contributed by atoms with Crippen molar-refractivity contribution >= 4 is 22.6 Å². The number of ketones is 1. The van der Waals surface area contributed by atoms with Crippen molar-refractivity contribution in [1.29, 1.82) is 0 Å². The second-order valence-corrected chi connectivity index (χ2v) is 7.64. The molecule has 0 aliphatic carbocycles. The first kappa shape index (κ1) is 19.6. The Balaban J connectivity index is 1.76. The number of rotatable bonds is 4. The van der Waals surface area contributed by atoms with Crippen LogP contribution < -0.4 is 10.9 Å². The van der Waals surface area contributed by atoms with Crippen LogP contribution in [-0.4, -0.2) is 28.3 Å². The molecule has 2 amide bonds. The van der Waals surface area contributed by atoms with Crippen LogP contribution in [0.2, 0.25) is 0 Å². The predicted octanol–water partition coefficient (Wildman–Crippen LogP) is 3.24. The van der Waals surface area contributed by atoms with Gasteiger partial charge in [-0.2, -0.15) is 0 Å². The Bertz CT molecular complexity index is 1240. The number of nitrogens with zero attached hydrogens (tertiary/aromatic N) is 2. The maximum atomic E-state index is 13.4. The average molecular weight is 401 g/mol. The predicted molar refractivity (Wildman–Crippen MR) is 116 cm³/mol. The van der Waals surface area contributed by atoms with E-state index in [0.717, 1.165) is 22.1 Å². The van der Waals surface area contributed by atoms with Crippen LogP contribution in [0.15, 0.2) is 71.3 Å². The third kappa shape index (κ3) is 3.41. The molecule has 0 saturated heterocycles. The molecule has 1 aliphatic heterocycles. The van der Waals surface area contributed by atoms with Crippen molar-refractivity contribution in [3.63, 3.8) is 0 Å². The summed E-state index contributed by atoms with van der Waals surface area (Å²) in [5.74, 6) is -0.0908. The smallest absolute Gasteiger partial charge is 0.321 e. The number of fused-ring (bicyclic) bond motifs is 1. The second kappa shape index (κ2) is 7.63. The van der Waals surface area contributed by atoms with Crippen molar-refractivity contribution in [1.82, 2.24) is 14.8 Å². The number of amides is 2. The Morgan fingerprint density at radius 3 is 2.47 bits per heavy atom. The lowest BCUT2D eigenvalue weighted by Crippen LogP contribution is -2.43. The fourth-order valence-electron chi connectivity index (χ4n) is 3.88. The monoisotopic (exact) mass is 401 g/mol. The van der Waals surface area contributed by atoms with E-state index in [4.69, 9.17) is 0 Å². The molecule has 1 N–H and O–H groups in total. The van der Waals surface area contributed by atoms with Gasteiger partial charge >= 0.3 is 6.03 Å². The molecule has 4 rings (SSSR count). The number of hydrogen-bond donors (Lipinski definition) is 1. The van der Waals surface area contributed by atoms with E-state index >= 15 is 0 Å². The summed E-state index contributed by atoms with van der Waals surface area (Å²) in [6, 6.07) is 14.2. The summed E-state index contributed by atoms with van der Waals surface area (Å²) in [5, 5.41) is 4.29. The van der Waals surface area contributed by atoms with Crippen molar-refractivity contribution < 1.29 is 9.59 Å². The largest absolute Gasteiger partial charge is 0.327 e. The quantitative estimate of drug-likeness (QED) is 0.730. The van der Waals surface area contributed by atoms with E-state index in [-0.39, 0.29) is 23.8 Å². The number of aryl methyl sites for hydroxylation is 2. The number of carbonyl (C=O) groups excluding carboxylic acids is 2. The summed E-state index contributed by atoms with van der Waals surface area (Å²) in [6.45, 7) is 1.94. The molecule has 3 aromatic rings. The van der Waals surface area contributed by atoms with E-state index in [1.165, 1.54) is 9.47 Å². The summed E-state index contributed by atoms with van der Waals surface area (Å²) >= 11 is 0. The Labute approximate surface area is 174 Å². The van der Waals surface area contributed by atoms with Crippen molar-refractivity contribution in [2.45, 2.75) is 19.4 Å². The number of urea groups is 1. The van der Waals surface area contributed by atoms with Gasteiger partial charge in [-0.05, 0) is 41.1 Å². The summed E-state index contributed by atoms with van der Waals surface area (Å²) in [4.78, 5) is 39.5. The van der Waals surface area contributed by atoms with Crippen molar-refractivity contribution in [2.75, 3.05) is 7.05 Å². The van der Waals surface area contributed by atoms with Gasteiger partial charge in [-0.3, -0.25) is 9.59 Å². The van der Waals surface area contributed by atoms with Gasteiger partial charge in [0.25, 0.3) is 5.56 Å². The van der Waals surface area contributed by atoms with Gasteiger partial charge in [-0.15, -0.1) is 0 Å². The molecule has 2 heterocycles. The highest BCUT2D eigenvalue weighted by Crippen LogP contribution is 2.29. The van der Waals surface area contributed by atoms with E-state index in [0.29, 0.717) is 11.0 Å². The highest BCUT2D eigenvalue weighted by atomic mass is 16.2. The van der Waals surface area contributed by atoms with E-state index in [1.54, 1.807) is 26.5 Å². The van der Waals surface area contributed by atoms with Crippen molar-refractivity contribution in [3.05, 3.63) is 93.5 Å². The molecule has 1 aliphatic rings. The molecule has 0 bridgehead atoms. The highest BCUT2D eigenvalue weighted by Gasteiger charge is 2.30. The lowest BCUT2D eigenvalue weighted by Gasteiger charge is -2.30. The SMILES string of the molecule is Cc1ccc2c(=O)n(C)ccc2c1CC(=O)C1=CN(C)C(=O)N[C@@H]1c1ccccc1. The summed E-state index contributed by atoms with van der Waals surface area (Å²) < 4.78 is 1.53. The van der Waals surface area contributed by atoms with Crippen LogP contribution in [-0.2, 0) is 18.3 Å². The van der Waals surface area contributed by atoms with Crippen LogP contribution in [0.4, 0.5) is 4.79 Å². The molecule has 6 heteroatoms. The lowest BCUT2D eigenvalue weighted by molar-refractivity contribution is -0.115. The van der Waals surface area contributed by atoms with Crippen LogP contribution in [0.5, 0.6) is 0 Å². The van der Waals surface area contributed by atoms with Gasteiger partial charge in [0.1, 0.15) is 0 Å². The van der Waals surface area contributed by atoms with Crippen LogP contribution in [0.3, 0.4) is 0 Å². The van der Waals surface area contributed by atoms with Crippen LogP contribution in [0, 0.1) is 6.92 Å². The summed E-state index contributed by atoms with van der Waals surface area (Å²) in [6.07, 6.45) is 3.48. The molecule has 30 heavy (non-hydrogen) atoms. The number of pyridine rings is 1. The van der Waals surface area contributed by atoms with Crippen molar-refractivity contribution in [2.24, 2.45) is 7.05 Å². The number of carbonyl (C=O) groups is 2. The number of nitrogens with one attached hydrogen (secondary N) is 1. The molecule has 152 valence electrons. The molecule has 0 unspecified atom stereocenters. The average Bonchev–Trinajstić information content (AvgIpc) is 2.74. The van der Waals surface area contributed by atoms with E-state index in [9.17, 15) is 14.4 Å². The molecule has 2 aromatic carbocycles. The topological polar surface area (TPSA) is 71.4 Å². The molecule has 0 saturated carbocycles. The molecule has 1 aromatic heterocycles. The zero-order chi connectivity index (χ0) is 21.4. The fraction of sp³-hybridized carbons (Fsp3) is 0.208. The minimum absolute atomic E-state index is 0.0905. The lowest BCUT2D eigenvalue weighted by atomic mass is 9.89. The van der Waals surface area contributed by atoms with Crippen molar-refractivity contribution in [3.8, 4) is 0 Å². The van der Waals surface area contributed by atoms with Crippen LogP contribution in [0.25, 0.3) is 10.8 Å². The van der Waals surface area contributed by atoms with Gasteiger partial charge in [-0.25, -0.2) is 4.79 Å². The third-order valence-corrected chi connectivity index (χ3v) is 5.63. The first-order valence-electron chi connectivity index (χ1n) is 9.78. The maximum absolute atomic E-state index is 13.4. The Morgan fingerprint density at radius 1 is 1.00 bits per heavy atom. The normalized spacial score (nSPS) is 16.4. The number of aromatic nitrogens is 1. The number of benzene rings is 2. The van der Waals surface area contributed by atoms with Gasteiger partial charge in [0.05, 0.1) is 6.04 Å². The van der Waals surface area contributed by atoms with Crippen LogP contribution >= 0.6 is 0 Å². The van der Waals surface area contributed by atoms with Crippen LogP contribution in [0.1, 0.15) is 22.7 Å². The third-order valence-electron chi connectivity index (χ3n) is 5.63. The fourth-order valence-corrected chi connectivity index (χ4v) is 3.88. The first-order valence-corrected chi connectivity index (χ1v) is 9.78. The van der Waals surface area contributed by atoms with Gasteiger partial charge in [0.2, 0.25) is 0 Å². The van der Waals surface area contributed by atoms with E-state index in [1.807, 2.05) is 55.5 Å². The molecule has 0 spiro atoms. The molecular formula is C24H23N3O3. The van der Waals surface area contributed by atoms with Gasteiger partial charge in [0.15, 0.2) is 5.78 Å². The number of hydrogen-bond acceptors (Lipinski definition) is 3. The molecule has 0 radical (unpaired) electrons. The van der Waals surface area contributed by atoms with Gasteiger partial charge < -0.3 is 14.8 Å². The molecule has 0 fully saturated rings. The number of Topliss-reactive ketones (excluding diaryl/α,β-unsaturated/α-hetero) is 1. The van der Waals surface area contributed by atoms with Gasteiger partial charge in [0, 0.05) is 43.9 Å². The van der Waals surface area contributed by atoms with E-state index < -0.39 is 6.04 Å². The molecular weight excluding hydrogens is 378 g/mol. The zero-order valence-corrected chi connectivity index (χ0v) is 17.2. The van der Waals surface area contributed by atoms with E-state index in [2.05, 4.69) is 5.32 Å². The Morgan fingerprint density at radius 2 is 1.73 bits per heavy atom. The Kier molecular flexibility index (Phi) is 4.99. The Hall–Kier alpha value is -3.67. The summed E-state index contributed by atoms with van der Waals surface area (Å²) in [7, 11) is 3.33. The minimum atomic E-state index is -0.509. The standard InChI is InChI=1S/C24H23N3O3/c1-15-9-10-18-17(11-12-26(2)23(18)29)19(15)13-21(28)20-14-27(3)24(30)25-22(20)16-7-5-4-6-8-16/h4-12,14,22H,13H2,1-3H3,(H,25,30)/t22-/m1/s1. The molecule has 6 nitrogen and oxygen atoms in total. The minimum Gasteiger partial charge on any atom is -0.327 e. The second-order valence-electron chi connectivity index (χ2n) is 7.64. The summed E-state index contributed by atoms with van der Waals surface area (Å²) in [5.41, 5.74) is 3.06.